The molecular weight excluding hydrogens is 349 g/mol. The second kappa shape index (κ2) is 7.26. The Balaban J connectivity index is 1.55. The van der Waals surface area contributed by atoms with Crippen molar-refractivity contribution in [2.24, 2.45) is 0 Å². The van der Waals surface area contributed by atoms with Crippen molar-refractivity contribution in [2.45, 2.75) is 6.18 Å². The number of nitrogens with one attached hydrogen (secondary N) is 1. The minimum Gasteiger partial charge on any atom is -0.368 e. The van der Waals surface area contributed by atoms with Crippen molar-refractivity contribution in [2.75, 3.05) is 36.4 Å². The van der Waals surface area contributed by atoms with E-state index in [0.29, 0.717) is 37.1 Å². The minimum atomic E-state index is -4.31. The Morgan fingerprint density at radius 2 is 1.68 bits per heavy atom. The Morgan fingerprint density at radius 3 is 2.24 bits per heavy atom. The fraction of sp³-hybridized carbons (Fsp3) is 0.294. The van der Waals surface area contributed by atoms with E-state index in [1.54, 1.807) is 6.20 Å². The van der Waals surface area contributed by atoms with Gasteiger partial charge in [-0.15, -0.1) is 0 Å². The van der Waals surface area contributed by atoms with Gasteiger partial charge in [-0.3, -0.25) is 0 Å². The molecule has 1 N–H and O–H groups in total. The number of nitrogens with zero attached hydrogens (tertiary/aromatic N) is 3. The summed E-state index contributed by atoms with van der Waals surface area (Å²) >= 11 is 5.40. The topological polar surface area (TPSA) is 31.4 Å². The Kier molecular flexibility index (Phi) is 5.08. The molecule has 0 spiro atoms. The summed E-state index contributed by atoms with van der Waals surface area (Å²) < 4.78 is 37.9. The molecule has 0 unspecified atom stereocenters. The molecule has 2 heterocycles. The zero-order chi connectivity index (χ0) is 17.9. The smallest absolute Gasteiger partial charge is 0.368 e. The van der Waals surface area contributed by atoms with Crippen LogP contribution in [0.2, 0.25) is 0 Å². The summed E-state index contributed by atoms with van der Waals surface area (Å²) in [6, 6.07) is 10.8. The summed E-state index contributed by atoms with van der Waals surface area (Å²) in [5.41, 5.74) is 0.159. The molecule has 1 saturated heterocycles. The van der Waals surface area contributed by atoms with Crippen molar-refractivity contribution < 1.29 is 13.2 Å². The molecule has 0 atom stereocenters. The fourth-order valence-electron chi connectivity index (χ4n) is 2.65. The molecule has 2 aromatic rings. The molecule has 0 amide bonds. The van der Waals surface area contributed by atoms with Crippen molar-refractivity contribution >= 4 is 28.8 Å². The van der Waals surface area contributed by atoms with Crippen molar-refractivity contribution in [3.8, 4) is 0 Å². The quantitative estimate of drug-likeness (QED) is 0.821. The largest absolute Gasteiger partial charge is 0.416 e. The summed E-state index contributed by atoms with van der Waals surface area (Å²) in [5, 5.41) is 3.70. The standard InChI is InChI=1S/C17H17F3N4S/c18-17(19,20)13-4-6-14(7-5-13)23-9-11-24(12-10-23)16(25)22-15-3-1-2-8-21-15/h1-8H,9-12H2,(H,21,22,25). The lowest BCUT2D eigenvalue weighted by Gasteiger charge is -2.37. The molecule has 3 rings (SSSR count). The average Bonchev–Trinajstić information content (AvgIpc) is 2.62. The SMILES string of the molecule is FC(F)(F)c1ccc(N2CCN(C(=S)Nc3ccccn3)CC2)cc1. The van der Waals surface area contributed by atoms with Gasteiger partial charge >= 0.3 is 6.18 Å². The molecule has 8 heteroatoms. The van der Waals surface area contributed by atoms with Crippen LogP contribution in [0.4, 0.5) is 24.7 Å². The van der Waals surface area contributed by atoms with Gasteiger partial charge in [-0.05, 0) is 48.6 Å². The molecule has 1 aromatic carbocycles. The second-order valence-electron chi connectivity index (χ2n) is 5.66. The molecule has 0 aliphatic carbocycles. The predicted molar refractivity (Wildman–Crippen MR) is 95.7 cm³/mol. The van der Waals surface area contributed by atoms with Gasteiger partial charge in [0.2, 0.25) is 0 Å². The number of hydrogen-bond donors (Lipinski definition) is 1. The van der Waals surface area contributed by atoms with E-state index in [9.17, 15) is 13.2 Å². The van der Waals surface area contributed by atoms with Gasteiger partial charge in [-0.2, -0.15) is 13.2 Å². The van der Waals surface area contributed by atoms with E-state index < -0.39 is 11.7 Å². The lowest BCUT2D eigenvalue weighted by Crippen LogP contribution is -2.50. The lowest BCUT2D eigenvalue weighted by atomic mass is 10.1. The Morgan fingerprint density at radius 1 is 1.00 bits per heavy atom. The van der Waals surface area contributed by atoms with Crippen LogP contribution in [0.3, 0.4) is 0 Å². The number of pyridine rings is 1. The van der Waals surface area contributed by atoms with E-state index in [2.05, 4.69) is 15.2 Å². The third-order valence-corrected chi connectivity index (χ3v) is 4.39. The number of rotatable bonds is 2. The molecule has 1 aliphatic heterocycles. The number of hydrogen-bond acceptors (Lipinski definition) is 3. The number of benzene rings is 1. The highest BCUT2D eigenvalue weighted by Crippen LogP contribution is 2.30. The van der Waals surface area contributed by atoms with E-state index in [4.69, 9.17) is 12.2 Å². The molecule has 0 saturated carbocycles. The Bertz CT molecular complexity index is 711. The molecule has 132 valence electrons. The van der Waals surface area contributed by atoms with Gasteiger partial charge in [0, 0.05) is 38.1 Å². The molecule has 25 heavy (non-hydrogen) atoms. The van der Waals surface area contributed by atoms with Gasteiger partial charge in [0.05, 0.1) is 5.56 Å². The fourth-order valence-corrected chi connectivity index (χ4v) is 2.94. The van der Waals surface area contributed by atoms with E-state index in [1.165, 1.54) is 12.1 Å². The first-order valence-corrected chi connectivity index (χ1v) is 8.23. The lowest BCUT2D eigenvalue weighted by molar-refractivity contribution is -0.137. The maximum Gasteiger partial charge on any atom is 0.416 e. The molecule has 1 aromatic heterocycles. The summed E-state index contributed by atoms with van der Waals surface area (Å²) in [6.07, 6.45) is -2.62. The van der Waals surface area contributed by atoms with Crippen LogP contribution in [-0.4, -0.2) is 41.2 Å². The third kappa shape index (κ3) is 4.39. The van der Waals surface area contributed by atoms with Gasteiger partial charge < -0.3 is 15.1 Å². The van der Waals surface area contributed by atoms with E-state index in [0.717, 1.165) is 17.8 Å². The third-order valence-electron chi connectivity index (χ3n) is 4.03. The molecule has 0 bridgehead atoms. The number of alkyl halides is 3. The highest BCUT2D eigenvalue weighted by Gasteiger charge is 2.30. The van der Waals surface area contributed by atoms with Gasteiger partial charge in [0.15, 0.2) is 5.11 Å². The van der Waals surface area contributed by atoms with Crippen LogP contribution in [-0.2, 0) is 6.18 Å². The summed E-state index contributed by atoms with van der Waals surface area (Å²) in [5.74, 6) is 0.692. The van der Waals surface area contributed by atoms with Gasteiger partial charge in [-0.1, -0.05) is 6.07 Å². The second-order valence-corrected chi connectivity index (χ2v) is 6.05. The number of thiocarbonyl (C=S) groups is 1. The number of aromatic nitrogens is 1. The molecule has 4 nitrogen and oxygen atoms in total. The van der Waals surface area contributed by atoms with E-state index in [-0.39, 0.29) is 0 Å². The first-order chi connectivity index (χ1) is 11.9. The molecule has 0 radical (unpaired) electrons. The van der Waals surface area contributed by atoms with Crippen LogP contribution in [0.5, 0.6) is 0 Å². The average molecular weight is 366 g/mol. The summed E-state index contributed by atoms with van der Waals surface area (Å²) in [4.78, 5) is 8.26. The Hall–Kier alpha value is -2.35. The van der Waals surface area contributed by atoms with Gasteiger partial charge in [0.1, 0.15) is 5.82 Å². The van der Waals surface area contributed by atoms with Crippen LogP contribution in [0.1, 0.15) is 5.56 Å². The van der Waals surface area contributed by atoms with Crippen molar-refractivity contribution in [1.82, 2.24) is 9.88 Å². The highest BCUT2D eigenvalue weighted by atomic mass is 32.1. The first-order valence-electron chi connectivity index (χ1n) is 7.83. The van der Waals surface area contributed by atoms with Crippen molar-refractivity contribution in [3.05, 3.63) is 54.2 Å². The van der Waals surface area contributed by atoms with Crippen LogP contribution >= 0.6 is 12.2 Å². The van der Waals surface area contributed by atoms with E-state index in [1.807, 2.05) is 23.1 Å². The van der Waals surface area contributed by atoms with Crippen LogP contribution in [0, 0.1) is 0 Å². The highest BCUT2D eigenvalue weighted by molar-refractivity contribution is 7.80. The van der Waals surface area contributed by atoms with Gasteiger partial charge in [-0.25, -0.2) is 4.98 Å². The zero-order valence-corrected chi connectivity index (χ0v) is 14.1. The van der Waals surface area contributed by atoms with Crippen molar-refractivity contribution in [1.29, 1.82) is 0 Å². The van der Waals surface area contributed by atoms with E-state index >= 15 is 0 Å². The molecule has 1 aliphatic rings. The number of halogens is 3. The van der Waals surface area contributed by atoms with Crippen LogP contribution in [0.25, 0.3) is 0 Å². The maximum atomic E-state index is 12.6. The summed E-state index contributed by atoms with van der Waals surface area (Å²) in [6.45, 7) is 2.77. The monoisotopic (exact) mass is 366 g/mol. The zero-order valence-electron chi connectivity index (χ0n) is 13.3. The normalized spacial score (nSPS) is 15.2. The number of anilines is 2. The minimum absolute atomic E-state index is 0.603. The van der Waals surface area contributed by atoms with Gasteiger partial charge in [0.25, 0.3) is 0 Å². The predicted octanol–water partition coefficient (Wildman–Crippen LogP) is 3.62. The summed E-state index contributed by atoms with van der Waals surface area (Å²) in [7, 11) is 0. The van der Waals surface area contributed by atoms with Crippen LogP contribution in [0.15, 0.2) is 48.7 Å². The van der Waals surface area contributed by atoms with Crippen LogP contribution < -0.4 is 10.2 Å². The first kappa shape index (κ1) is 17.5. The molecule has 1 fully saturated rings. The number of piperazine rings is 1. The van der Waals surface area contributed by atoms with Crippen molar-refractivity contribution in [3.63, 3.8) is 0 Å². The molecular formula is C17H17F3N4S. The maximum absolute atomic E-state index is 12.6. The Labute approximate surface area is 149 Å².